The number of nitrogens with zero attached hydrogens (tertiary/aromatic N) is 1. The summed E-state index contributed by atoms with van der Waals surface area (Å²) in [5.74, 6) is -7.78. The van der Waals surface area contributed by atoms with Crippen LogP contribution >= 0.6 is 0 Å². The third kappa shape index (κ3) is 7.31. The number of hydrogen-bond acceptors (Lipinski definition) is 15. The van der Waals surface area contributed by atoms with E-state index in [4.69, 9.17) is 33.2 Å². The minimum atomic E-state index is -2.37. The van der Waals surface area contributed by atoms with Gasteiger partial charge in [0.05, 0.1) is 34.5 Å². The molecule has 15 nitrogen and oxygen atoms in total. The van der Waals surface area contributed by atoms with E-state index in [9.17, 15) is 33.9 Å². The number of carbonyl (C=O) groups excluding carboxylic acids is 6. The van der Waals surface area contributed by atoms with Crippen LogP contribution in [-0.4, -0.2) is 99.8 Å². The number of aliphatic hydroxyl groups is 1. The molecule has 2 aliphatic carbocycles. The maximum Gasteiger partial charge on any atom is 0.357 e. The number of hydrogen-bond donors (Lipinski definition) is 1. The smallest absolute Gasteiger partial charge is 0.357 e. The molecule has 1 N–H and O–H groups in total. The van der Waals surface area contributed by atoms with Crippen LogP contribution in [0, 0.1) is 23.2 Å². The summed E-state index contributed by atoms with van der Waals surface area (Å²) in [6.07, 6.45) is -7.45. The van der Waals surface area contributed by atoms with Gasteiger partial charge in [-0.05, 0) is 45.0 Å². The summed E-state index contributed by atoms with van der Waals surface area (Å²) in [5.41, 5.74) is -8.48. The van der Waals surface area contributed by atoms with Gasteiger partial charge in [-0.3, -0.25) is 19.2 Å². The number of fused-ring (bicyclic) bond motifs is 1. The van der Waals surface area contributed by atoms with E-state index in [1.807, 2.05) is 0 Å². The van der Waals surface area contributed by atoms with Crippen molar-refractivity contribution < 1.29 is 67.0 Å². The Kier molecular flexibility index (Phi) is 11.5. The molecule has 1 spiro atoms. The molecule has 3 aliphatic rings. The minimum absolute atomic E-state index is 0.0654. The zero-order valence-corrected chi connectivity index (χ0v) is 32.4. The molecule has 2 heterocycles. The van der Waals surface area contributed by atoms with Crippen LogP contribution in [0.1, 0.15) is 89.6 Å². The molecule has 1 aromatic heterocycles. The number of ether oxygens (including phenoxy) is 7. The average Bonchev–Trinajstić information content (AvgIpc) is 3.31. The Balaban J connectivity index is 1.93. The fraction of sp³-hybridized carbons (Fsp3) is 0.575. The van der Waals surface area contributed by atoms with E-state index in [1.54, 1.807) is 65.8 Å². The molecule has 2 aromatic rings. The lowest BCUT2D eigenvalue weighted by Crippen LogP contribution is -2.85. The Labute approximate surface area is 319 Å². The van der Waals surface area contributed by atoms with Gasteiger partial charge in [-0.25, -0.2) is 14.6 Å². The van der Waals surface area contributed by atoms with E-state index in [0.717, 1.165) is 13.8 Å². The molecule has 0 amide bonds. The summed E-state index contributed by atoms with van der Waals surface area (Å²) >= 11 is 0. The van der Waals surface area contributed by atoms with Crippen molar-refractivity contribution in [1.82, 2.24) is 4.98 Å². The lowest BCUT2D eigenvalue weighted by Gasteiger charge is -2.66. The second kappa shape index (κ2) is 15.3. The fourth-order valence-electron chi connectivity index (χ4n) is 8.51. The second-order valence-electron chi connectivity index (χ2n) is 15.7. The van der Waals surface area contributed by atoms with Crippen LogP contribution in [0.4, 0.5) is 0 Å². The number of rotatable bonds is 11. The van der Waals surface area contributed by atoms with E-state index >= 15 is 0 Å². The van der Waals surface area contributed by atoms with Crippen molar-refractivity contribution in [3.05, 3.63) is 66.0 Å². The highest BCUT2D eigenvalue weighted by molar-refractivity contribution is 5.90. The number of carbonyl (C=O) groups is 6. The van der Waals surface area contributed by atoms with Crippen LogP contribution in [0.3, 0.4) is 0 Å². The predicted molar refractivity (Wildman–Crippen MR) is 190 cm³/mol. The summed E-state index contributed by atoms with van der Waals surface area (Å²) in [7, 11) is 0. The highest BCUT2D eigenvalue weighted by atomic mass is 16.7. The maximum absolute atomic E-state index is 14.3. The molecule has 2 saturated carbocycles. The average molecular weight is 768 g/mol. The molecule has 2 bridgehead atoms. The molecular weight excluding hydrogens is 718 g/mol. The largest absolute Gasteiger partial charge is 0.464 e. The topological polar surface area (TPSA) is 200 Å². The zero-order chi connectivity index (χ0) is 40.7. The van der Waals surface area contributed by atoms with Gasteiger partial charge in [-0.2, -0.15) is 0 Å². The molecule has 9 atom stereocenters. The molecule has 1 aliphatic heterocycles. The minimum Gasteiger partial charge on any atom is -0.464 e. The number of aromatic nitrogens is 1. The molecule has 1 saturated heterocycles. The Morgan fingerprint density at radius 2 is 1.36 bits per heavy atom. The molecule has 0 radical (unpaired) electrons. The van der Waals surface area contributed by atoms with Crippen molar-refractivity contribution in [3.63, 3.8) is 0 Å². The molecule has 0 unspecified atom stereocenters. The number of benzene rings is 1. The molecule has 15 heteroatoms. The van der Waals surface area contributed by atoms with Gasteiger partial charge in [0, 0.05) is 26.5 Å². The van der Waals surface area contributed by atoms with Gasteiger partial charge in [0.15, 0.2) is 17.8 Å². The zero-order valence-electron chi connectivity index (χ0n) is 32.4. The van der Waals surface area contributed by atoms with Crippen LogP contribution in [0.5, 0.6) is 0 Å². The summed E-state index contributed by atoms with van der Waals surface area (Å²) in [4.78, 5) is 85.8. The van der Waals surface area contributed by atoms with E-state index in [-0.39, 0.29) is 11.3 Å². The van der Waals surface area contributed by atoms with E-state index < -0.39 is 119 Å². The predicted octanol–water partition coefficient (Wildman–Crippen LogP) is 3.78. The summed E-state index contributed by atoms with van der Waals surface area (Å²) in [6.45, 7) is 12.3. The van der Waals surface area contributed by atoms with Crippen LogP contribution < -0.4 is 0 Å². The van der Waals surface area contributed by atoms with E-state index in [0.29, 0.717) is 0 Å². The van der Waals surface area contributed by atoms with Gasteiger partial charge in [0.2, 0.25) is 0 Å². The highest BCUT2D eigenvalue weighted by Crippen LogP contribution is 2.69. The van der Waals surface area contributed by atoms with Crippen LogP contribution in [0.15, 0.2) is 54.7 Å². The lowest BCUT2D eigenvalue weighted by molar-refractivity contribution is -0.362. The Morgan fingerprint density at radius 1 is 0.764 bits per heavy atom. The fourth-order valence-corrected chi connectivity index (χ4v) is 8.51. The van der Waals surface area contributed by atoms with Crippen molar-refractivity contribution in [2.24, 2.45) is 23.2 Å². The highest BCUT2D eigenvalue weighted by Gasteiger charge is 2.89. The van der Waals surface area contributed by atoms with Crippen molar-refractivity contribution in [1.29, 1.82) is 0 Å². The molecule has 3 fully saturated rings. The molecule has 5 rings (SSSR count). The molecule has 1 aromatic carbocycles. The van der Waals surface area contributed by atoms with Gasteiger partial charge in [0.25, 0.3) is 0 Å². The number of pyridine rings is 1. The van der Waals surface area contributed by atoms with Crippen molar-refractivity contribution >= 4 is 35.8 Å². The third-order valence-electron chi connectivity index (χ3n) is 10.7. The third-order valence-corrected chi connectivity index (χ3v) is 10.7. The quantitative estimate of drug-likeness (QED) is 0.256. The first-order valence-electron chi connectivity index (χ1n) is 18.2. The van der Waals surface area contributed by atoms with Gasteiger partial charge in [0.1, 0.15) is 36.0 Å². The number of esters is 6. The van der Waals surface area contributed by atoms with Crippen LogP contribution in [0.25, 0.3) is 0 Å². The van der Waals surface area contributed by atoms with E-state index in [1.165, 1.54) is 37.4 Å². The normalized spacial score (nSPS) is 31.8. The van der Waals surface area contributed by atoms with E-state index in [2.05, 4.69) is 4.98 Å². The monoisotopic (exact) mass is 767 g/mol. The van der Waals surface area contributed by atoms with Crippen LogP contribution in [0.2, 0.25) is 0 Å². The molecule has 55 heavy (non-hydrogen) atoms. The first kappa shape index (κ1) is 41.3. The SMILES string of the molecule is CC(=O)O[C@H]1C[C@](C)(O)[C@]23OC(C)(C)[C@H]([C@@H](OC(=O)C(C)C)[C@H](OC(=O)c4ccccc4)[C@]2(COC(=O)C(C)C)[C@H]1OC(=O)c1ccccn1)[C@H]3OC(C)=O. The molecule has 298 valence electrons. The van der Waals surface area contributed by atoms with Gasteiger partial charge in [-0.1, -0.05) is 52.0 Å². The van der Waals surface area contributed by atoms with Gasteiger partial charge < -0.3 is 38.3 Å². The lowest BCUT2D eigenvalue weighted by atomic mass is 9.45. The Hall–Kier alpha value is -4.89. The standard InChI is InChI=1S/C40H49NO14/c1-21(2)33(44)49-20-39-30(53-36(47)26-17-13-14-18-41-26)27(50-23(5)42)19-38(9,48)40(39)31(51-24(6)43)28(37(7,8)55-40)29(52-34(45)22(3)4)32(39)54-35(46)25-15-11-10-12-16-25/h10-18,21-22,27-32,48H,19-20H2,1-9H3/t27-,28+,29+,30-,31+,32-,38-,39-,40-/m0/s1. The first-order valence-corrected chi connectivity index (χ1v) is 18.2. The van der Waals surface area contributed by atoms with Crippen molar-refractivity contribution in [2.45, 2.75) is 116 Å². The Bertz CT molecular complexity index is 1790. The van der Waals surface area contributed by atoms with Crippen molar-refractivity contribution in [3.8, 4) is 0 Å². The maximum atomic E-state index is 14.3. The summed E-state index contributed by atoms with van der Waals surface area (Å²) in [5, 5.41) is 12.9. The van der Waals surface area contributed by atoms with Crippen molar-refractivity contribution in [2.75, 3.05) is 6.61 Å². The van der Waals surface area contributed by atoms with Crippen LogP contribution in [-0.2, 0) is 52.3 Å². The summed E-state index contributed by atoms with van der Waals surface area (Å²) < 4.78 is 43.9. The molecular formula is C40H49NO14. The second-order valence-corrected chi connectivity index (χ2v) is 15.7. The Morgan fingerprint density at radius 3 is 1.93 bits per heavy atom. The summed E-state index contributed by atoms with van der Waals surface area (Å²) in [6, 6.07) is 12.3. The van der Waals surface area contributed by atoms with Gasteiger partial charge >= 0.3 is 35.8 Å². The van der Waals surface area contributed by atoms with Gasteiger partial charge in [-0.15, -0.1) is 0 Å². The first-order chi connectivity index (χ1) is 25.7.